The standard InChI is InChI=1S/C32H41ClN6O2/c1-21(2)41-29-19-25(23-12-16-38(4)17-13-23)22(3)18-28(29)36-32-34-20-26(33)30(37-32)35-27-11-7-6-10-24(27)31(40)39-14-8-5-9-15-39/h6-7,10-11,18-21,23H,5,8-9,12-17H2,1-4H3,(H2,34,35,36,37). The lowest BCUT2D eigenvalue weighted by atomic mass is 9.86. The van der Waals surface area contributed by atoms with Crippen molar-refractivity contribution in [1.29, 1.82) is 0 Å². The molecule has 5 rings (SSSR count). The molecule has 3 aromatic rings. The van der Waals surface area contributed by atoms with Crippen LogP contribution >= 0.6 is 11.6 Å². The molecule has 0 bridgehead atoms. The average molecular weight is 577 g/mol. The Morgan fingerprint density at radius 3 is 2.49 bits per heavy atom. The number of nitrogens with zero attached hydrogens (tertiary/aromatic N) is 4. The molecule has 1 amide bonds. The Hall–Kier alpha value is -3.36. The van der Waals surface area contributed by atoms with Gasteiger partial charge in [0.1, 0.15) is 10.8 Å². The van der Waals surface area contributed by atoms with Crippen LogP contribution in [0.25, 0.3) is 0 Å². The molecule has 0 radical (unpaired) electrons. The van der Waals surface area contributed by atoms with E-state index in [2.05, 4.69) is 46.6 Å². The molecule has 9 heteroatoms. The normalized spacial score (nSPS) is 16.6. The molecule has 1 aromatic heterocycles. The van der Waals surface area contributed by atoms with Crippen molar-refractivity contribution in [3.8, 4) is 5.75 Å². The van der Waals surface area contributed by atoms with Gasteiger partial charge >= 0.3 is 0 Å². The van der Waals surface area contributed by atoms with Crippen LogP contribution in [0.15, 0.2) is 42.6 Å². The lowest BCUT2D eigenvalue weighted by Gasteiger charge is -2.30. The van der Waals surface area contributed by atoms with E-state index in [0.717, 1.165) is 63.3 Å². The van der Waals surface area contributed by atoms with Crippen LogP contribution in [0.2, 0.25) is 5.02 Å². The van der Waals surface area contributed by atoms with Gasteiger partial charge in [-0.2, -0.15) is 4.98 Å². The number of benzene rings is 2. The number of nitrogens with one attached hydrogen (secondary N) is 2. The Kier molecular flexibility index (Phi) is 9.30. The smallest absolute Gasteiger partial charge is 0.255 e. The Balaban J connectivity index is 1.40. The summed E-state index contributed by atoms with van der Waals surface area (Å²) in [4.78, 5) is 26.8. The van der Waals surface area contributed by atoms with E-state index < -0.39 is 0 Å². The molecule has 0 spiro atoms. The van der Waals surface area contributed by atoms with E-state index in [9.17, 15) is 4.79 Å². The zero-order valence-corrected chi connectivity index (χ0v) is 25.3. The van der Waals surface area contributed by atoms with Gasteiger partial charge in [0.05, 0.1) is 29.2 Å². The van der Waals surface area contributed by atoms with E-state index in [-0.39, 0.29) is 12.0 Å². The molecule has 0 aliphatic carbocycles. The summed E-state index contributed by atoms with van der Waals surface area (Å²) in [5, 5.41) is 7.03. The highest BCUT2D eigenvalue weighted by Gasteiger charge is 2.23. The fourth-order valence-electron chi connectivity index (χ4n) is 5.72. The first-order chi connectivity index (χ1) is 19.8. The highest BCUT2D eigenvalue weighted by Crippen LogP contribution is 2.38. The number of ether oxygens (including phenoxy) is 1. The molecule has 2 saturated heterocycles. The second-order valence-electron chi connectivity index (χ2n) is 11.5. The average Bonchev–Trinajstić information content (AvgIpc) is 2.97. The van der Waals surface area contributed by atoms with Crippen molar-refractivity contribution in [1.82, 2.24) is 19.8 Å². The number of carbonyl (C=O) groups excluding carboxylic acids is 1. The number of anilines is 4. The van der Waals surface area contributed by atoms with E-state index >= 15 is 0 Å². The van der Waals surface area contributed by atoms with Crippen LogP contribution in [-0.4, -0.2) is 65.0 Å². The minimum Gasteiger partial charge on any atom is -0.489 e. The lowest BCUT2D eigenvalue weighted by molar-refractivity contribution is 0.0725. The summed E-state index contributed by atoms with van der Waals surface area (Å²) >= 11 is 6.53. The second kappa shape index (κ2) is 13.1. The van der Waals surface area contributed by atoms with Gasteiger partial charge in [-0.15, -0.1) is 0 Å². The van der Waals surface area contributed by atoms with Crippen LogP contribution < -0.4 is 15.4 Å². The molecule has 8 nitrogen and oxygen atoms in total. The maximum absolute atomic E-state index is 13.3. The molecule has 2 aliphatic heterocycles. The summed E-state index contributed by atoms with van der Waals surface area (Å²) in [5.74, 6) is 2.13. The minimum atomic E-state index is 0.0147. The monoisotopic (exact) mass is 576 g/mol. The van der Waals surface area contributed by atoms with Crippen LogP contribution in [0.1, 0.15) is 73.4 Å². The molecular formula is C32H41ClN6O2. The van der Waals surface area contributed by atoms with Gasteiger partial charge in [0.25, 0.3) is 5.91 Å². The lowest BCUT2D eigenvalue weighted by Crippen LogP contribution is -2.35. The molecule has 2 N–H and O–H groups in total. The summed E-state index contributed by atoms with van der Waals surface area (Å²) in [6, 6.07) is 11.8. The number of carbonyl (C=O) groups is 1. The third-order valence-corrected chi connectivity index (χ3v) is 8.21. The van der Waals surface area contributed by atoms with Crippen molar-refractivity contribution < 1.29 is 9.53 Å². The van der Waals surface area contributed by atoms with E-state index in [1.165, 1.54) is 17.5 Å². The van der Waals surface area contributed by atoms with Gasteiger partial charge in [0.2, 0.25) is 5.95 Å². The first kappa shape index (κ1) is 29.1. The maximum atomic E-state index is 13.3. The highest BCUT2D eigenvalue weighted by atomic mass is 35.5. The number of aryl methyl sites for hydroxylation is 1. The van der Waals surface area contributed by atoms with E-state index in [1.807, 2.05) is 43.0 Å². The number of likely N-dealkylation sites (tertiary alicyclic amines) is 2. The molecule has 0 atom stereocenters. The molecule has 0 saturated carbocycles. The van der Waals surface area contributed by atoms with Gasteiger partial charge < -0.3 is 25.2 Å². The Morgan fingerprint density at radius 1 is 1.02 bits per heavy atom. The summed E-state index contributed by atoms with van der Waals surface area (Å²) in [5.41, 5.74) is 4.63. The van der Waals surface area contributed by atoms with Crippen LogP contribution in [-0.2, 0) is 0 Å². The third kappa shape index (κ3) is 7.11. The Morgan fingerprint density at radius 2 is 1.76 bits per heavy atom. The van der Waals surface area contributed by atoms with Crippen molar-refractivity contribution in [3.05, 3.63) is 64.3 Å². The van der Waals surface area contributed by atoms with Gasteiger partial charge in [0, 0.05) is 13.1 Å². The summed E-state index contributed by atoms with van der Waals surface area (Å²) in [7, 11) is 2.18. The topological polar surface area (TPSA) is 82.6 Å². The number of piperidine rings is 2. The number of hydrogen-bond donors (Lipinski definition) is 2. The van der Waals surface area contributed by atoms with Crippen LogP contribution in [0.5, 0.6) is 5.75 Å². The highest BCUT2D eigenvalue weighted by molar-refractivity contribution is 6.33. The van der Waals surface area contributed by atoms with Gasteiger partial charge in [-0.25, -0.2) is 4.98 Å². The Labute approximate surface area is 248 Å². The zero-order chi connectivity index (χ0) is 28.9. The van der Waals surface area contributed by atoms with Crippen LogP contribution in [0.4, 0.5) is 23.1 Å². The molecule has 41 heavy (non-hydrogen) atoms. The van der Waals surface area contributed by atoms with Crippen LogP contribution in [0.3, 0.4) is 0 Å². The number of halogens is 1. The molecule has 3 heterocycles. The minimum absolute atomic E-state index is 0.0147. The largest absolute Gasteiger partial charge is 0.489 e. The number of amides is 1. The van der Waals surface area contributed by atoms with Gasteiger partial charge in [-0.05, 0) is 114 Å². The molecule has 0 unspecified atom stereocenters. The number of rotatable bonds is 8. The van der Waals surface area contributed by atoms with Crippen LogP contribution in [0, 0.1) is 6.92 Å². The summed E-state index contributed by atoms with van der Waals surface area (Å²) in [6.07, 6.45) is 7.10. The maximum Gasteiger partial charge on any atom is 0.255 e. The summed E-state index contributed by atoms with van der Waals surface area (Å²) < 4.78 is 6.26. The predicted octanol–water partition coefficient (Wildman–Crippen LogP) is 7.15. The molecule has 2 fully saturated rings. The zero-order valence-electron chi connectivity index (χ0n) is 24.5. The fraction of sp³-hybridized carbons (Fsp3) is 0.469. The van der Waals surface area contributed by atoms with Crippen molar-refractivity contribution in [2.75, 3.05) is 43.9 Å². The third-order valence-electron chi connectivity index (χ3n) is 7.93. The Bertz CT molecular complexity index is 1370. The van der Waals surface area contributed by atoms with E-state index in [0.29, 0.717) is 34.0 Å². The quantitative estimate of drug-likeness (QED) is 0.295. The SMILES string of the molecule is Cc1cc(Nc2ncc(Cl)c(Nc3ccccc3C(=O)N3CCCCC3)n2)c(OC(C)C)cc1C1CCN(C)CC1. The van der Waals surface area contributed by atoms with Crippen molar-refractivity contribution in [2.24, 2.45) is 0 Å². The number of para-hydroxylation sites is 1. The predicted molar refractivity (Wildman–Crippen MR) is 166 cm³/mol. The van der Waals surface area contributed by atoms with Crippen molar-refractivity contribution in [3.63, 3.8) is 0 Å². The van der Waals surface area contributed by atoms with E-state index in [1.54, 1.807) is 6.20 Å². The molecule has 2 aromatic carbocycles. The first-order valence-electron chi connectivity index (χ1n) is 14.7. The fourth-order valence-corrected chi connectivity index (χ4v) is 5.86. The molecule has 218 valence electrons. The summed E-state index contributed by atoms with van der Waals surface area (Å²) in [6.45, 7) is 9.99. The van der Waals surface area contributed by atoms with Gasteiger partial charge in [-0.3, -0.25) is 4.79 Å². The van der Waals surface area contributed by atoms with Gasteiger partial charge in [0.15, 0.2) is 5.82 Å². The number of aromatic nitrogens is 2. The van der Waals surface area contributed by atoms with Crippen molar-refractivity contribution >= 4 is 40.6 Å². The first-order valence-corrected chi connectivity index (χ1v) is 15.1. The second-order valence-corrected chi connectivity index (χ2v) is 11.9. The molecule has 2 aliphatic rings. The van der Waals surface area contributed by atoms with Crippen molar-refractivity contribution in [2.45, 2.75) is 64.9 Å². The van der Waals surface area contributed by atoms with E-state index in [4.69, 9.17) is 21.3 Å². The number of hydrogen-bond acceptors (Lipinski definition) is 7. The van der Waals surface area contributed by atoms with Gasteiger partial charge in [-0.1, -0.05) is 23.7 Å². The molecular weight excluding hydrogens is 536 g/mol.